The molecule has 0 aliphatic carbocycles. The van der Waals surface area contributed by atoms with Gasteiger partial charge in [-0.3, -0.25) is 9.78 Å². The van der Waals surface area contributed by atoms with E-state index >= 15 is 0 Å². The number of hydrogen-bond donors (Lipinski definition) is 1. The van der Waals surface area contributed by atoms with E-state index in [4.69, 9.17) is 4.74 Å². The van der Waals surface area contributed by atoms with Gasteiger partial charge in [0.15, 0.2) is 0 Å². The lowest BCUT2D eigenvalue weighted by Gasteiger charge is -2.34. The molecule has 1 unspecified atom stereocenters. The summed E-state index contributed by atoms with van der Waals surface area (Å²) in [4.78, 5) is 21.8. The number of hydrogen-bond acceptors (Lipinski definition) is 8. The lowest BCUT2D eigenvalue weighted by Crippen LogP contribution is -2.44. The highest BCUT2D eigenvalue weighted by Gasteiger charge is 2.27. The van der Waals surface area contributed by atoms with E-state index in [0.29, 0.717) is 26.1 Å². The summed E-state index contributed by atoms with van der Waals surface area (Å²) in [6.45, 7) is 9.07. The van der Waals surface area contributed by atoms with E-state index in [1.165, 1.54) is 24.2 Å². The number of piperidine rings is 1. The smallest absolute Gasteiger partial charge is 0.224 e. The number of nitrogens with one attached hydrogen (secondary N) is 1. The van der Waals surface area contributed by atoms with Crippen LogP contribution in [-0.4, -0.2) is 70.2 Å². The molecule has 162 valence electrons. The molecule has 9 heteroatoms. The van der Waals surface area contributed by atoms with Gasteiger partial charge in [0.25, 0.3) is 0 Å². The second-order valence-electron chi connectivity index (χ2n) is 8.26. The Labute approximate surface area is 181 Å². The SMILES string of the molecule is Cc1cc(Nc2nncs2)cc(C2CN(C(=O)CCN3CCC(C)CC3)CCO2)n1. The summed E-state index contributed by atoms with van der Waals surface area (Å²) < 4.78 is 5.98. The van der Waals surface area contributed by atoms with Crippen molar-refractivity contribution in [2.45, 2.75) is 39.2 Å². The zero-order chi connectivity index (χ0) is 20.9. The summed E-state index contributed by atoms with van der Waals surface area (Å²) >= 11 is 1.44. The second-order valence-corrected chi connectivity index (χ2v) is 9.10. The molecule has 4 heterocycles. The van der Waals surface area contributed by atoms with Gasteiger partial charge >= 0.3 is 0 Å². The molecule has 2 aliphatic rings. The minimum Gasteiger partial charge on any atom is -0.368 e. The van der Waals surface area contributed by atoms with Gasteiger partial charge in [-0.2, -0.15) is 0 Å². The molecule has 8 nitrogen and oxygen atoms in total. The Balaban J connectivity index is 1.35. The molecule has 0 radical (unpaired) electrons. The molecule has 0 saturated carbocycles. The highest BCUT2D eigenvalue weighted by atomic mass is 32.1. The van der Waals surface area contributed by atoms with Crippen LogP contribution < -0.4 is 5.32 Å². The standard InChI is InChI=1S/C21H30N6O2S/c1-15-3-6-26(7-4-15)8-5-20(28)27-9-10-29-19(13-27)18-12-17(11-16(2)23-18)24-21-25-22-14-30-21/h11-12,14-15,19H,3-10,13H2,1-2H3,(H,23,24,25). The van der Waals surface area contributed by atoms with Crippen LogP contribution in [0.5, 0.6) is 0 Å². The van der Waals surface area contributed by atoms with Crippen molar-refractivity contribution in [3.63, 3.8) is 0 Å². The van der Waals surface area contributed by atoms with Crippen molar-refractivity contribution in [1.29, 1.82) is 0 Å². The summed E-state index contributed by atoms with van der Waals surface area (Å²) in [6.07, 6.45) is 2.83. The number of aryl methyl sites for hydroxylation is 1. The fourth-order valence-electron chi connectivity index (χ4n) is 4.03. The van der Waals surface area contributed by atoms with Gasteiger partial charge in [0.1, 0.15) is 11.6 Å². The molecule has 2 saturated heterocycles. The molecule has 2 aliphatic heterocycles. The Morgan fingerprint density at radius 3 is 2.90 bits per heavy atom. The number of carbonyl (C=O) groups is 1. The van der Waals surface area contributed by atoms with Crippen LogP contribution in [0.15, 0.2) is 17.6 Å². The van der Waals surface area contributed by atoms with Crippen molar-refractivity contribution in [3.8, 4) is 0 Å². The van der Waals surface area contributed by atoms with Crippen LogP contribution in [0, 0.1) is 12.8 Å². The maximum atomic E-state index is 12.8. The van der Waals surface area contributed by atoms with Crippen LogP contribution in [0.4, 0.5) is 10.8 Å². The van der Waals surface area contributed by atoms with Gasteiger partial charge in [0.05, 0.1) is 18.8 Å². The average molecular weight is 431 g/mol. The van der Waals surface area contributed by atoms with Gasteiger partial charge in [-0.05, 0) is 50.9 Å². The average Bonchev–Trinajstić information content (AvgIpc) is 3.26. The second kappa shape index (κ2) is 9.80. The van der Waals surface area contributed by atoms with Crippen LogP contribution in [0.2, 0.25) is 0 Å². The molecule has 2 aromatic rings. The first-order chi connectivity index (χ1) is 14.6. The van der Waals surface area contributed by atoms with E-state index in [1.54, 1.807) is 5.51 Å². The summed E-state index contributed by atoms with van der Waals surface area (Å²) in [5.41, 5.74) is 4.33. The van der Waals surface area contributed by atoms with Gasteiger partial charge in [0.2, 0.25) is 11.0 Å². The Kier molecular flexibility index (Phi) is 6.91. The van der Waals surface area contributed by atoms with E-state index in [0.717, 1.165) is 47.8 Å². The lowest BCUT2D eigenvalue weighted by atomic mass is 9.99. The first kappa shape index (κ1) is 21.1. The third-order valence-corrected chi connectivity index (χ3v) is 6.46. The van der Waals surface area contributed by atoms with E-state index in [2.05, 4.69) is 32.3 Å². The molecule has 4 rings (SSSR count). The number of morpholine rings is 1. The minimum absolute atomic E-state index is 0.210. The quantitative estimate of drug-likeness (QED) is 0.754. The molecule has 1 amide bonds. The number of carbonyl (C=O) groups excluding carboxylic acids is 1. The van der Waals surface area contributed by atoms with Crippen molar-refractivity contribution in [1.82, 2.24) is 25.0 Å². The van der Waals surface area contributed by atoms with Gasteiger partial charge < -0.3 is 19.9 Å². The zero-order valence-corrected chi connectivity index (χ0v) is 18.5. The first-order valence-electron chi connectivity index (χ1n) is 10.7. The zero-order valence-electron chi connectivity index (χ0n) is 17.7. The molecule has 0 spiro atoms. The van der Waals surface area contributed by atoms with Crippen molar-refractivity contribution in [2.75, 3.05) is 44.6 Å². The predicted octanol–water partition coefficient (Wildman–Crippen LogP) is 3.01. The molecule has 1 N–H and O–H groups in total. The normalized spacial score (nSPS) is 21.0. The maximum absolute atomic E-state index is 12.8. The van der Waals surface area contributed by atoms with Crippen molar-refractivity contribution < 1.29 is 9.53 Å². The highest BCUT2D eigenvalue weighted by molar-refractivity contribution is 7.13. The van der Waals surface area contributed by atoms with Crippen molar-refractivity contribution in [3.05, 3.63) is 29.0 Å². The Bertz CT molecular complexity index is 838. The number of pyridine rings is 1. The maximum Gasteiger partial charge on any atom is 0.224 e. The molecule has 2 aromatic heterocycles. The molecule has 0 bridgehead atoms. The Hall–Kier alpha value is -2.10. The third-order valence-electron chi connectivity index (χ3n) is 5.85. The van der Waals surface area contributed by atoms with Crippen LogP contribution in [0.25, 0.3) is 0 Å². The summed E-state index contributed by atoms with van der Waals surface area (Å²) in [6, 6.07) is 3.94. The molecule has 1 atom stereocenters. The first-order valence-corrected chi connectivity index (χ1v) is 11.6. The van der Waals surface area contributed by atoms with Crippen LogP contribution in [0.1, 0.15) is 43.7 Å². The Morgan fingerprint density at radius 2 is 2.13 bits per heavy atom. The van der Waals surface area contributed by atoms with Crippen LogP contribution in [0.3, 0.4) is 0 Å². The van der Waals surface area contributed by atoms with Crippen molar-refractivity contribution >= 4 is 28.1 Å². The molecular weight excluding hydrogens is 400 g/mol. The van der Waals surface area contributed by atoms with E-state index in [-0.39, 0.29) is 12.0 Å². The molecule has 30 heavy (non-hydrogen) atoms. The molecule has 2 fully saturated rings. The fourth-order valence-corrected chi connectivity index (χ4v) is 4.50. The van der Waals surface area contributed by atoms with E-state index in [1.807, 2.05) is 24.0 Å². The number of nitrogens with zero attached hydrogens (tertiary/aromatic N) is 5. The predicted molar refractivity (Wildman–Crippen MR) is 117 cm³/mol. The van der Waals surface area contributed by atoms with Gasteiger partial charge in [0, 0.05) is 30.9 Å². The topological polar surface area (TPSA) is 83.5 Å². The highest BCUT2D eigenvalue weighted by Crippen LogP contribution is 2.26. The number of ether oxygens (including phenoxy) is 1. The monoisotopic (exact) mass is 430 g/mol. The number of rotatable bonds is 6. The lowest BCUT2D eigenvalue weighted by molar-refractivity contribution is -0.139. The van der Waals surface area contributed by atoms with Crippen LogP contribution >= 0.6 is 11.3 Å². The Morgan fingerprint density at radius 1 is 1.30 bits per heavy atom. The van der Waals surface area contributed by atoms with Gasteiger partial charge in [-0.25, -0.2) is 0 Å². The third kappa shape index (κ3) is 5.53. The number of anilines is 2. The largest absolute Gasteiger partial charge is 0.368 e. The van der Waals surface area contributed by atoms with Gasteiger partial charge in [-0.15, -0.1) is 10.2 Å². The summed E-state index contributed by atoms with van der Waals surface area (Å²) in [7, 11) is 0. The fraction of sp³-hybridized carbons (Fsp3) is 0.619. The number of aromatic nitrogens is 3. The summed E-state index contributed by atoms with van der Waals surface area (Å²) in [5.74, 6) is 1.02. The molecular formula is C21H30N6O2S. The minimum atomic E-state index is -0.214. The van der Waals surface area contributed by atoms with Crippen molar-refractivity contribution in [2.24, 2.45) is 5.92 Å². The van der Waals surface area contributed by atoms with Gasteiger partial charge in [-0.1, -0.05) is 18.3 Å². The molecule has 0 aromatic carbocycles. The van der Waals surface area contributed by atoms with E-state index in [9.17, 15) is 4.79 Å². The van der Waals surface area contributed by atoms with Crippen LogP contribution in [-0.2, 0) is 9.53 Å². The number of amides is 1. The van der Waals surface area contributed by atoms with E-state index < -0.39 is 0 Å². The number of likely N-dealkylation sites (tertiary alicyclic amines) is 1. The summed E-state index contributed by atoms with van der Waals surface area (Å²) in [5, 5.41) is 11.9.